The highest BCUT2D eigenvalue weighted by Crippen LogP contribution is 2.25. The summed E-state index contributed by atoms with van der Waals surface area (Å²) in [5.41, 5.74) is 15.2. The molecule has 0 bridgehead atoms. The summed E-state index contributed by atoms with van der Waals surface area (Å²) in [7, 11) is 0. The predicted molar refractivity (Wildman–Crippen MR) is 88.0 cm³/mol. The second-order valence-corrected chi connectivity index (χ2v) is 4.96. The van der Waals surface area contributed by atoms with Gasteiger partial charge in [-0.05, 0) is 22.8 Å². The monoisotopic (exact) mass is 289 g/mol. The van der Waals surface area contributed by atoms with Gasteiger partial charge in [0.15, 0.2) is 0 Å². The molecule has 0 saturated heterocycles. The van der Waals surface area contributed by atoms with Crippen LogP contribution in [-0.4, -0.2) is 10.9 Å². The van der Waals surface area contributed by atoms with Crippen molar-refractivity contribution in [3.8, 4) is 22.3 Å². The van der Waals surface area contributed by atoms with Gasteiger partial charge in [0, 0.05) is 11.8 Å². The number of anilines is 1. The molecule has 1 aromatic heterocycles. The van der Waals surface area contributed by atoms with Gasteiger partial charge in [-0.25, -0.2) is 4.98 Å². The van der Waals surface area contributed by atoms with Gasteiger partial charge in [0.1, 0.15) is 5.82 Å². The number of nitrogens with zero attached hydrogens (tertiary/aromatic N) is 1. The molecule has 1 amide bonds. The third-order valence-corrected chi connectivity index (χ3v) is 3.51. The Labute approximate surface area is 128 Å². The van der Waals surface area contributed by atoms with Crippen LogP contribution in [0.25, 0.3) is 22.3 Å². The van der Waals surface area contributed by atoms with Crippen molar-refractivity contribution in [2.24, 2.45) is 5.73 Å². The molecule has 4 N–H and O–H groups in total. The van der Waals surface area contributed by atoms with Crippen LogP contribution in [0.4, 0.5) is 5.82 Å². The Hall–Kier alpha value is -3.14. The van der Waals surface area contributed by atoms with Crippen molar-refractivity contribution >= 4 is 11.7 Å². The number of rotatable bonds is 3. The predicted octanol–water partition coefficient (Wildman–Crippen LogP) is 3.10. The van der Waals surface area contributed by atoms with E-state index in [1.165, 1.54) is 0 Å². The summed E-state index contributed by atoms with van der Waals surface area (Å²) in [4.78, 5) is 15.4. The van der Waals surface area contributed by atoms with E-state index in [4.69, 9.17) is 11.5 Å². The molecular formula is C18H15N3O. The quantitative estimate of drug-likeness (QED) is 0.777. The molecule has 108 valence electrons. The van der Waals surface area contributed by atoms with Crippen LogP contribution in [0.3, 0.4) is 0 Å². The minimum absolute atomic E-state index is 0.150. The van der Waals surface area contributed by atoms with E-state index < -0.39 is 5.91 Å². The molecule has 2 aromatic carbocycles. The molecule has 0 unspecified atom stereocenters. The molecule has 22 heavy (non-hydrogen) atoms. The lowest BCUT2D eigenvalue weighted by atomic mass is 10.0. The third kappa shape index (κ3) is 2.67. The van der Waals surface area contributed by atoms with E-state index >= 15 is 0 Å². The van der Waals surface area contributed by atoms with Crippen LogP contribution in [0.15, 0.2) is 66.9 Å². The van der Waals surface area contributed by atoms with Gasteiger partial charge in [0.25, 0.3) is 5.91 Å². The number of primary amides is 1. The number of aromatic nitrogens is 1. The molecule has 0 saturated carbocycles. The molecule has 3 rings (SSSR count). The van der Waals surface area contributed by atoms with Crippen molar-refractivity contribution in [3.63, 3.8) is 0 Å². The number of hydrogen-bond acceptors (Lipinski definition) is 3. The van der Waals surface area contributed by atoms with Crippen LogP contribution >= 0.6 is 0 Å². The van der Waals surface area contributed by atoms with Crippen LogP contribution in [-0.2, 0) is 0 Å². The highest BCUT2D eigenvalue weighted by molar-refractivity contribution is 5.98. The number of carbonyl (C=O) groups excluding carboxylic acids is 1. The average molecular weight is 289 g/mol. The van der Waals surface area contributed by atoms with Crippen LogP contribution in [0, 0.1) is 0 Å². The normalized spacial score (nSPS) is 10.4. The molecular weight excluding hydrogens is 274 g/mol. The van der Waals surface area contributed by atoms with E-state index in [0.29, 0.717) is 0 Å². The summed E-state index contributed by atoms with van der Waals surface area (Å²) in [6.07, 6.45) is 1.64. The van der Waals surface area contributed by atoms with Gasteiger partial charge in [0.05, 0.1) is 5.56 Å². The summed E-state index contributed by atoms with van der Waals surface area (Å²) in [6, 6.07) is 19.8. The molecule has 4 heteroatoms. The number of benzene rings is 2. The Morgan fingerprint density at radius 2 is 1.36 bits per heavy atom. The molecule has 3 aromatic rings. The maximum atomic E-state index is 11.3. The van der Waals surface area contributed by atoms with Gasteiger partial charge < -0.3 is 11.5 Å². The van der Waals surface area contributed by atoms with Gasteiger partial charge in [-0.15, -0.1) is 0 Å². The molecule has 4 nitrogen and oxygen atoms in total. The SMILES string of the molecule is NC(=O)c1cc(-c2ccc(-c3ccccc3)cc2)cnc1N. The second kappa shape index (κ2) is 5.69. The first-order valence-electron chi connectivity index (χ1n) is 6.86. The number of amides is 1. The minimum Gasteiger partial charge on any atom is -0.383 e. The summed E-state index contributed by atoms with van der Waals surface area (Å²) in [5, 5.41) is 0. The highest BCUT2D eigenvalue weighted by Gasteiger charge is 2.09. The fourth-order valence-electron chi connectivity index (χ4n) is 2.32. The first-order valence-corrected chi connectivity index (χ1v) is 6.86. The zero-order valence-corrected chi connectivity index (χ0v) is 11.9. The van der Waals surface area contributed by atoms with Crippen LogP contribution < -0.4 is 11.5 Å². The van der Waals surface area contributed by atoms with Gasteiger partial charge in [0.2, 0.25) is 0 Å². The summed E-state index contributed by atoms with van der Waals surface area (Å²) in [5.74, 6) is -0.426. The zero-order chi connectivity index (χ0) is 15.5. The van der Waals surface area contributed by atoms with Crippen molar-refractivity contribution in [2.75, 3.05) is 5.73 Å². The van der Waals surface area contributed by atoms with E-state index in [9.17, 15) is 4.79 Å². The number of pyridine rings is 1. The van der Waals surface area contributed by atoms with E-state index in [2.05, 4.69) is 17.1 Å². The fraction of sp³-hybridized carbons (Fsp3) is 0. The lowest BCUT2D eigenvalue weighted by Crippen LogP contribution is -2.14. The fourth-order valence-corrected chi connectivity index (χ4v) is 2.32. The Morgan fingerprint density at radius 3 is 1.95 bits per heavy atom. The lowest BCUT2D eigenvalue weighted by Gasteiger charge is -2.07. The first-order chi connectivity index (χ1) is 10.6. The first kappa shape index (κ1) is 13.8. The van der Waals surface area contributed by atoms with E-state index in [1.54, 1.807) is 12.3 Å². The van der Waals surface area contributed by atoms with E-state index in [0.717, 1.165) is 22.3 Å². The van der Waals surface area contributed by atoms with E-state index in [-0.39, 0.29) is 11.4 Å². The Morgan fingerprint density at radius 1 is 0.818 bits per heavy atom. The minimum atomic E-state index is -0.576. The smallest absolute Gasteiger partial charge is 0.252 e. The summed E-state index contributed by atoms with van der Waals surface area (Å²) >= 11 is 0. The van der Waals surface area contributed by atoms with Crippen molar-refractivity contribution in [2.45, 2.75) is 0 Å². The van der Waals surface area contributed by atoms with Gasteiger partial charge in [-0.2, -0.15) is 0 Å². The Kier molecular flexibility index (Phi) is 3.58. The van der Waals surface area contributed by atoms with Crippen molar-refractivity contribution in [1.29, 1.82) is 0 Å². The van der Waals surface area contributed by atoms with Crippen molar-refractivity contribution < 1.29 is 4.79 Å². The van der Waals surface area contributed by atoms with Crippen molar-refractivity contribution in [1.82, 2.24) is 4.98 Å². The zero-order valence-electron chi connectivity index (χ0n) is 11.9. The van der Waals surface area contributed by atoms with Crippen molar-refractivity contribution in [3.05, 3.63) is 72.4 Å². The van der Waals surface area contributed by atoms with Gasteiger partial charge in [-0.1, -0.05) is 54.6 Å². The highest BCUT2D eigenvalue weighted by atomic mass is 16.1. The molecule has 0 aliphatic heterocycles. The lowest BCUT2D eigenvalue weighted by molar-refractivity contribution is 0.100. The second-order valence-electron chi connectivity index (χ2n) is 4.96. The maximum Gasteiger partial charge on any atom is 0.252 e. The summed E-state index contributed by atoms with van der Waals surface area (Å²) < 4.78 is 0. The van der Waals surface area contributed by atoms with E-state index in [1.807, 2.05) is 42.5 Å². The molecule has 0 spiro atoms. The maximum absolute atomic E-state index is 11.3. The molecule has 0 radical (unpaired) electrons. The number of carbonyl (C=O) groups is 1. The summed E-state index contributed by atoms with van der Waals surface area (Å²) in [6.45, 7) is 0. The van der Waals surface area contributed by atoms with Crippen LogP contribution in [0.5, 0.6) is 0 Å². The average Bonchev–Trinajstić information content (AvgIpc) is 2.56. The van der Waals surface area contributed by atoms with Gasteiger partial charge >= 0.3 is 0 Å². The molecule has 0 atom stereocenters. The van der Waals surface area contributed by atoms with Crippen LogP contribution in [0.1, 0.15) is 10.4 Å². The molecule has 1 heterocycles. The third-order valence-electron chi connectivity index (χ3n) is 3.51. The standard InChI is InChI=1S/C18H15N3O/c19-17-16(18(20)22)10-15(11-21-17)14-8-6-13(7-9-14)12-4-2-1-3-5-12/h1-11H,(H2,19,21)(H2,20,22). The number of hydrogen-bond donors (Lipinski definition) is 2. The van der Waals surface area contributed by atoms with Crippen LogP contribution in [0.2, 0.25) is 0 Å². The largest absolute Gasteiger partial charge is 0.383 e. The Bertz CT molecular complexity index is 811. The van der Waals surface area contributed by atoms with Gasteiger partial charge in [-0.3, -0.25) is 4.79 Å². The molecule has 0 fully saturated rings. The Balaban J connectivity index is 1.97. The molecule has 0 aliphatic carbocycles. The number of nitrogens with two attached hydrogens (primary N) is 2. The molecule has 0 aliphatic rings. The topological polar surface area (TPSA) is 82.0 Å². The number of nitrogen functional groups attached to an aromatic ring is 1.